The number of guanidine groups is 1. The van der Waals surface area contributed by atoms with E-state index in [1.807, 2.05) is 32.0 Å². The Morgan fingerprint density at radius 2 is 2.24 bits per heavy atom. The van der Waals surface area contributed by atoms with E-state index in [1.165, 1.54) is 5.56 Å². The Bertz CT molecular complexity index is 375. The molecule has 0 spiro atoms. The van der Waals surface area contributed by atoms with Crippen molar-refractivity contribution in [2.24, 2.45) is 10.7 Å². The highest BCUT2D eigenvalue weighted by molar-refractivity contribution is 5.78. The molecule has 0 saturated carbocycles. The molecule has 1 aromatic rings. The van der Waals surface area contributed by atoms with Crippen LogP contribution in [0.25, 0.3) is 0 Å². The lowest BCUT2D eigenvalue weighted by molar-refractivity contribution is 0.414. The zero-order chi connectivity index (χ0) is 12.7. The summed E-state index contributed by atoms with van der Waals surface area (Å²) in [5.41, 5.74) is 6.91. The molecule has 0 heterocycles. The van der Waals surface area contributed by atoms with Gasteiger partial charge in [-0.05, 0) is 38.0 Å². The average molecular weight is 235 g/mol. The minimum atomic E-state index is 0.315. The SMILES string of the molecule is COc1cccc(CCN=C(N)NC(C)C)c1. The molecule has 0 aliphatic heterocycles. The van der Waals surface area contributed by atoms with Gasteiger partial charge >= 0.3 is 0 Å². The van der Waals surface area contributed by atoms with Gasteiger partial charge in [0.2, 0.25) is 0 Å². The smallest absolute Gasteiger partial charge is 0.188 e. The third kappa shape index (κ3) is 5.24. The van der Waals surface area contributed by atoms with Crippen molar-refractivity contribution in [1.82, 2.24) is 5.32 Å². The van der Waals surface area contributed by atoms with Gasteiger partial charge in [0.1, 0.15) is 5.75 Å². The van der Waals surface area contributed by atoms with Gasteiger partial charge in [0.15, 0.2) is 5.96 Å². The number of nitrogens with two attached hydrogens (primary N) is 1. The maximum atomic E-state index is 5.71. The maximum Gasteiger partial charge on any atom is 0.188 e. The predicted octanol–water partition coefficient (Wildman–Crippen LogP) is 1.55. The van der Waals surface area contributed by atoms with E-state index in [9.17, 15) is 0 Å². The van der Waals surface area contributed by atoms with Crippen molar-refractivity contribution in [2.75, 3.05) is 13.7 Å². The summed E-state index contributed by atoms with van der Waals surface area (Å²) in [6.45, 7) is 4.74. The highest BCUT2D eigenvalue weighted by Gasteiger charge is 1.97. The average Bonchev–Trinajstić information content (AvgIpc) is 2.28. The molecule has 0 aliphatic rings. The minimum absolute atomic E-state index is 0.315. The lowest BCUT2D eigenvalue weighted by atomic mass is 10.1. The molecule has 1 aromatic carbocycles. The summed E-state index contributed by atoms with van der Waals surface area (Å²) in [5, 5.41) is 3.05. The van der Waals surface area contributed by atoms with Crippen molar-refractivity contribution in [3.8, 4) is 5.75 Å². The number of rotatable bonds is 5. The van der Waals surface area contributed by atoms with Gasteiger partial charge in [-0.1, -0.05) is 12.1 Å². The number of hydrogen-bond acceptors (Lipinski definition) is 2. The molecule has 0 aliphatic carbocycles. The summed E-state index contributed by atoms with van der Waals surface area (Å²) in [5.74, 6) is 1.38. The Morgan fingerprint density at radius 3 is 2.88 bits per heavy atom. The van der Waals surface area contributed by atoms with Gasteiger partial charge in [-0.3, -0.25) is 4.99 Å². The first-order valence-electron chi connectivity index (χ1n) is 5.81. The number of hydrogen-bond donors (Lipinski definition) is 2. The largest absolute Gasteiger partial charge is 0.497 e. The Kier molecular flexibility index (Phi) is 5.33. The fourth-order valence-corrected chi connectivity index (χ4v) is 1.47. The molecule has 0 aromatic heterocycles. The Morgan fingerprint density at radius 1 is 1.47 bits per heavy atom. The van der Waals surface area contributed by atoms with Crippen LogP contribution in [0, 0.1) is 0 Å². The number of nitrogens with one attached hydrogen (secondary N) is 1. The van der Waals surface area contributed by atoms with E-state index in [0.717, 1.165) is 12.2 Å². The van der Waals surface area contributed by atoms with E-state index in [4.69, 9.17) is 10.5 Å². The molecule has 0 saturated heterocycles. The Hall–Kier alpha value is -1.71. The van der Waals surface area contributed by atoms with Crippen molar-refractivity contribution in [2.45, 2.75) is 26.3 Å². The van der Waals surface area contributed by atoms with Gasteiger partial charge in [-0.15, -0.1) is 0 Å². The van der Waals surface area contributed by atoms with E-state index in [1.54, 1.807) is 7.11 Å². The van der Waals surface area contributed by atoms with E-state index in [0.29, 0.717) is 18.5 Å². The maximum absolute atomic E-state index is 5.71. The first kappa shape index (κ1) is 13.4. The third-order valence-electron chi connectivity index (χ3n) is 2.25. The molecule has 17 heavy (non-hydrogen) atoms. The second kappa shape index (κ2) is 6.78. The molecule has 0 amide bonds. The lowest BCUT2D eigenvalue weighted by Crippen LogP contribution is -2.36. The topological polar surface area (TPSA) is 59.6 Å². The van der Waals surface area contributed by atoms with E-state index < -0.39 is 0 Å². The first-order chi connectivity index (χ1) is 8.11. The Labute approximate surface area is 103 Å². The first-order valence-corrected chi connectivity index (χ1v) is 5.81. The molecule has 1 rings (SSSR count). The highest BCUT2D eigenvalue weighted by atomic mass is 16.5. The van der Waals surface area contributed by atoms with Gasteiger partial charge in [-0.2, -0.15) is 0 Å². The van der Waals surface area contributed by atoms with Crippen LogP contribution in [-0.2, 0) is 6.42 Å². The summed E-state index contributed by atoms with van der Waals surface area (Å²) >= 11 is 0. The summed E-state index contributed by atoms with van der Waals surface area (Å²) in [6, 6.07) is 8.30. The van der Waals surface area contributed by atoms with E-state index in [-0.39, 0.29) is 0 Å². The van der Waals surface area contributed by atoms with Gasteiger partial charge in [0.25, 0.3) is 0 Å². The zero-order valence-electron chi connectivity index (χ0n) is 10.7. The quantitative estimate of drug-likeness (QED) is 0.601. The van der Waals surface area contributed by atoms with Crippen LogP contribution >= 0.6 is 0 Å². The molecular formula is C13H21N3O. The molecule has 3 N–H and O–H groups in total. The van der Waals surface area contributed by atoms with Crippen LogP contribution < -0.4 is 15.8 Å². The second-order valence-corrected chi connectivity index (χ2v) is 4.17. The molecule has 94 valence electrons. The van der Waals surface area contributed by atoms with Gasteiger partial charge in [0, 0.05) is 12.6 Å². The molecule has 4 nitrogen and oxygen atoms in total. The Balaban J connectivity index is 2.44. The van der Waals surface area contributed by atoms with Crippen molar-refractivity contribution in [3.05, 3.63) is 29.8 Å². The van der Waals surface area contributed by atoms with E-state index in [2.05, 4.69) is 16.4 Å². The van der Waals surface area contributed by atoms with Crippen molar-refractivity contribution >= 4 is 5.96 Å². The summed E-state index contributed by atoms with van der Waals surface area (Å²) in [7, 11) is 1.67. The van der Waals surface area contributed by atoms with Crippen molar-refractivity contribution in [3.63, 3.8) is 0 Å². The van der Waals surface area contributed by atoms with Crippen LogP contribution in [-0.4, -0.2) is 25.7 Å². The number of nitrogens with zero attached hydrogens (tertiary/aromatic N) is 1. The molecule has 0 bridgehead atoms. The van der Waals surface area contributed by atoms with Crippen LogP contribution in [0.3, 0.4) is 0 Å². The molecule has 0 unspecified atom stereocenters. The number of ether oxygens (including phenoxy) is 1. The van der Waals surface area contributed by atoms with Crippen LogP contribution in [0.1, 0.15) is 19.4 Å². The van der Waals surface area contributed by atoms with Gasteiger partial charge in [0.05, 0.1) is 7.11 Å². The van der Waals surface area contributed by atoms with Crippen LogP contribution in [0.4, 0.5) is 0 Å². The van der Waals surface area contributed by atoms with Crippen molar-refractivity contribution < 1.29 is 4.74 Å². The molecule has 0 atom stereocenters. The van der Waals surface area contributed by atoms with Crippen LogP contribution in [0.5, 0.6) is 5.75 Å². The molecule has 4 heteroatoms. The predicted molar refractivity (Wildman–Crippen MR) is 71.5 cm³/mol. The van der Waals surface area contributed by atoms with Gasteiger partial charge < -0.3 is 15.8 Å². The second-order valence-electron chi connectivity index (χ2n) is 4.17. The van der Waals surface area contributed by atoms with Crippen LogP contribution in [0.15, 0.2) is 29.3 Å². The van der Waals surface area contributed by atoms with Crippen molar-refractivity contribution in [1.29, 1.82) is 0 Å². The summed E-state index contributed by atoms with van der Waals surface area (Å²) < 4.78 is 5.16. The fraction of sp³-hybridized carbons (Fsp3) is 0.462. The van der Waals surface area contributed by atoms with E-state index >= 15 is 0 Å². The third-order valence-corrected chi connectivity index (χ3v) is 2.25. The van der Waals surface area contributed by atoms with Crippen LogP contribution in [0.2, 0.25) is 0 Å². The molecular weight excluding hydrogens is 214 g/mol. The fourth-order valence-electron chi connectivity index (χ4n) is 1.47. The number of benzene rings is 1. The molecule has 0 fully saturated rings. The number of aliphatic imine (C=N–C) groups is 1. The molecule has 0 radical (unpaired) electrons. The zero-order valence-corrected chi connectivity index (χ0v) is 10.7. The highest BCUT2D eigenvalue weighted by Crippen LogP contribution is 2.12. The van der Waals surface area contributed by atoms with Gasteiger partial charge in [-0.25, -0.2) is 0 Å². The summed E-state index contributed by atoms with van der Waals surface area (Å²) in [6.07, 6.45) is 0.859. The minimum Gasteiger partial charge on any atom is -0.497 e. The number of methoxy groups -OCH3 is 1. The standard InChI is InChI=1S/C13H21N3O/c1-10(2)16-13(14)15-8-7-11-5-4-6-12(9-11)17-3/h4-6,9-10H,7-8H2,1-3H3,(H3,14,15,16). The normalized spacial score (nSPS) is 11.6. The monoisotopic (exact) mass is 235 g/mol. The lowest BCUT2D eigenvalue weighted by Gasteiger charge is -2.08. The summed E-state index contributed by atoms with van der Waals surface area (Å²) in [4.78, 5) is 4.26.